The summed E-state index contributed by atoms with van der Waals surface area (Å²) >= 11 is 5.94. The van der Waals surface area contributed by atoms with Gasteiger partial charge in [-0.05, 0) is 37.6 Å². The molecule has 0 bridgehead atoms. The number of rotatable bonds is 4. The van der Waals surface area contributed by atoms with Gasteiger partial charge in [0, 0.05) is 17.1 Å². The van der Waals surface area contributed by atoms with E-state index in [0.717, 1.165) is 5.56 Å². The summed E-state index contributed by atoms with van der Waals surface area (Å²) < 4.78 is 24.8. The zero-order valence-electron chi connectivity index (χ0n) is 13.9. The number of carbonyl (C=O) groups is 1. The first-order valence-corrected chi connectivity index (χ1v) is 8.03. The van der Waals surface area contributed by atoms with Gasteiger partial charge >= 0.3 is 5.97 Å². The zero-order valence-corrected chi connectivity index (χ0v) is 14.7. The number of esters is 1. The minimum absolute atomic E-state index is 0.0681. The third kappa shape index (κ3) is 2.93. The topological polar surface area (TPSA) is 64.2 Å². The second-order valence-corrected chi connectivity index (χ2v) is 5.82. The van der Waals surface area contributed by atoms with Crippen LogP contribution in [-0.2, 0) is 4.74 Å². The number of halogens is 2. The van der Waals surface area contributed by atoms with Crippen molar-refractivity contribution in [3.05, 3.63) is 46.5 Å². The van der Waals surface area contributed by atoms with E-state index in [4.69, 9.17) is 21.1 Å². The predicted octanol–water partition coefficient (Wildman–Crippen LogP) is 4.52. The minimum atomic E-state index is -0.639. The minimum Gasteiger partial charge on any atom is -0.492 e. The van der Waals surface area contributed by atoms with Gasteiger partial charge in [0.2, 0.25) is 0 Å². The van der Waals surface area contributed by atoms with E-state index in [2.05, 4.69) is 9.97 Å². The molecule has 0 unspecified atom stereocenters. The number of carbonyl (C=O) groups excluding carboxylic acids is 1. The van der Waals surface area contributed by atoms with E-state index in [1.165, 1.54) is 19.2 Å². The highest BCUT2D eigenvalue weighted by atomic mass is 35.5. The Balaban J connectivity index is 2.27. The van der Waals surface area contributed by atoms with Crippen molar-refractivity contribution in [3.8, 4) is 17.0 Å². The number of nitrogens with one attached hydrogen (secondary N) is 1. The summed E-state index contributed by atoms with van der Waals surface area (Å²) in [7, 11) is 1.34. The Morgan fingerprint density at radius 3 is 2.84 bits per heavy atom. The molecule has 130 valence electrons. The van der Waals surface area contributed by atoms with Crippen molar-refractivity contribution in [2.75, 3.05) is 13.7 Å². The molecule has 25 heavy (non-hydrogen) atoms. The average Bonchev–Trinajstić information content (AvgIpc) is 2.96. The van der Waals surface area contributed by atoms with Crippen molar-refractivity contribution < 1.29 is 18.7 Å². The van der Waals surface area contributed by atoms with Gasteiger partial charge in [-0.25, -0.2) is 14.2 Å². The van der Waals surface area contributed by atoms with Crippen LogP contribution in [0.4, 0.5) is 4.39 Å². The van der Waals surface area contributed by atoms with E-state index >= 15 is 0 Å². The van der Waals surface area contributed by atoms with Crippen molar-refractivity contribution in [1.29, 1.82) is 0 Å². The Hall–Kier alpha value is -2.60. The maximum Gasteiger partial charge on any atom is 0.357 e. The fraction of sp³-hybridized carbons (Fsp3) is 0.222. The third-order valence-electron chi connectivity index (χ3n) is 3.86. The number of aryl methyl sites for hydroxylation is 1. The predicted molar refractivity (Wildman–Crippen MR) is 93.7 cm³/mol. The van der Waals surface area contributed by atoms with E-state index < -0.39 is 11.8 Å². The van der Waals surface area contributed by atoms with Crippen molar-refractivity contribution in [3.63, 3.8) is 0 Å². The number of H-pyrrole nitrogens is 1. The summed E-state index contributed by atoms with van der Waals surface area (Å²) in [6.45, 7) is 3.79. The van der Waals surface area contributed by atoms with Crippen molar-refractivity contribution in [2.45, 2.75) is 13.8 Å². The molecule has 0 fully saturated rings. The van der Waals surface area contributed by atoms with E-state index in [1.807, 2.05) is 6.92 Å². The van der Waals surface area contributed by atoms with Crippen LogP contribution in [-0.4, -0.2) is 29.7 Å². The Morgan fingerprint density at radius 1 is 1.40 bits per heavy atom. The first kappa shape index (κ1) is 17.2. The van der Waals surface area contributed by atoms with Crippen LogP contribution in [0.1, 0.15) is 23.0 Å². The van der Waals surface area contributed by atoms with Crippen molar-refractivity contribution in [1.82, 2.24) is 9.97 Å². The highest BCUT2D eigenvalue weighted by Crippen LogP contribution is 2.35. The lowest BCUT2D eigenvalue weighted by Crippen LogP contribution is -2.09. The number of benzene rings is 1. The number of aromatic nitrogens is 2. The Morgan fingerprint density at radius 2 is 2.16 bits per heavy atom. The summed E-state index contributed by atoms with van der Waals surface area (Å²) in [6, 6.07) is 4.70. The Labute approximate surface area is 148 Å². The fourth-order valence-corrected chi connectivity index (χ4v) is 2.94. The van der Waals surface area contributed by atoms with Crippen LogP contribution in [0.25, 0.3) is 22.2 Å². The number of aromatic amines is 1. The van der Waals surface area contributed by atoms with Gasteiger partial charge in [0.05, 0.1) is 29.9 Å². The van der Waals surface area contributed by atoms with Crippen LogP contribution < -0.4 is 4.74 Å². The summed E-state index contributed by atoms with van der Waals surface area (Å²) in [5.41, 5.74) is 2.12. The van der Waals surface area contributed by atoms with Crippen LogP contribution in [0.15, 0.2) is 24.4 Å². The van der Waals surface area contributed by atoms with E-state index in [1.54, 1.807) is 19.2 Å². The molecular weight excluding hydrogens is 347 g/mol. The van der Waals surface area contributed by atoms with Gasteiger partial charge in [-0.1, -0.05) is 11.6 Å². The summed E-state index contributed by atoms with van der Waals surface area (Å²) in [5, 5.41) is 0.815. The Bertz CT molecular complexity index is 969. The third-order valence-corrected chi connectivity index (χ3v) is 4.15. The van der Waals surface area contributed by atoms with Gasteiger partial charge in [0.15, 0.2) is 17.3 Å². The number of pyridine rings is 1. The quantitative estimate of drug-likeness (QED) is 0.693. The maximum atomic E-state index is 14.7. The summed E-state index contributed by atoms with van der Waals surface area (Å²) in [6.07, 6.45) is 1.76. The van der Waals surface area contributed by atoms with Crippen LogP contribution in [0.5, 0.6) is 5.75 Å². The van der Waals surface area contributed by atoms with E-state index in [9.17, 15) is 9.18 Å². The van der Waals surface area contributed by atoms with Crippen LogP contribution in [0.3, 0.4) is 0 Å². The standard InChI is InChI=1S/C18H16ClFN2O3/c1-4-25-18(23)16-14-9(2)8-21-13(14)7-12(22-16)10-5-6-11(19)17(24-3)15(10)20/h5-8,21H,4H2,1-3H3. The summed E-state index contributed by atoms with van der Waals surface area (Å²) in [4.78, 5) is 19.7. The molecule has 5 nitrogen and oxygen atoms in total. The molecule has 0 aliphatic rings. The Kier molecular flexibility index (Phi) is 4.63. The van der Waals surface area contributed by atoms with Gasteiger partial charge in [-0.3, -0.25) is 0 Å². The lowest BCUT2D eigenvalue weighted by Gasteiger charge is -2.11. The largest absolute Gasteiger partial charge is 0.492 e. The molecule has 0 saturated heterocycles. The molecule has 3 rings (SSSR count). The molecular formula is C18H16ClFN2O3. The highest BCUT2D eigenvalue weighted by molar-refractivity contribution is 6.32. The number of hydrogen-bond acceptors (Lipinski definition) is 4. The smallest absolute Gasteiger partial charge is 0.357 e. The molecule has 0 amide bonds. The van der Waals surface area contributed by atoms with Gasteiger partial charge in [-0.15, -0.1) is 0 Å². The number of ether oxygens (including phenoxy) is 2. The lowest BCUT2D eigenvalue weighted by molar-refractivity contribution is 0.0522. The molecule has 2 heterocycles. The average molecular weight is 363 g/mol. The molecule has 0 saturated carbocycles. The second-order valence-electron chi connectivity index (χ2n) is 5.41. The molecule has 2 aromatic heterocycles. The normalized spacial score (nSPS) is 10.9. The molecule has 0 aliphatic carbocycles. The SMILES string of the molecule is CCOC(=O)c1nc(-c2ccc(Cl)c(OC)c2F)cc2[nH]cc(C)c12. The fourth-order valence-electron chi connectivity index (χ4n) is 2.72. The van der Waals surface area contributed by atoms with Gasteiger partial charge < -0.3 is 14.5 Å². The van der Waals surface area contributed by atoms with Crippen LogP contribution in [0.2, 0.25) is 5.02 Å². The maximum absolute atomic E-state index is 14.7. The molecule has 0 atom stereocenters. The number of methoxy groups -OCH3 is 1. The van der Waals surface area contributed by atoms with Gasteiger partial charge in [-0.2, -0.15) is 0 Å². The lowest BCUT2D eigenvalue weighted by atomic mass is 10.1. The first-order chi connectivity index (χ1) is 12.0. The van der Waals surface area contributed by atoms with Crippen molar-refractivity contribution in [2.24, 2.45) is 0 Å². The highest BCUT2D eigenvalue weighted by Gasteiger charge is 2.21. The number of nitrogens with zero attached hydrogens (tertiary/aromatic N) is 1. The summed E-state index contributed by atoms with van der Waals surface area (Å²) in [5.74, 6) is -1.26. The van der Waals surface area contributed by atoms with Crippen molar-refractivity contribution >= 4 is 28.5 Å². The van der Waals surface area contributed by atoms with Gasteiger partial charge in [0.1, 0.15) is 0 Å². The molecule has 1 aromatic carbocycles. The molecule has 0 radical (unpaired) electrons. The van der Waals surface area contributed by atoms with Crippen LogP contribution >= 0.6 is 11.6 Å². The molecule has 0 spiro atoms. The van der Waals surface area contributed by atoms with Gasteiger partial charge in [0.25, 0.3) is 0 Å². The molecule has 0 aliphatic heterocycles. The zero-order chi connectivity index (χ0) is 18.1. The second kappa shape index (κ2) is 6.72. The number of fused-ring (bicyclic) bond motifs is 1. The first-order valence-electron chi connectivity index (χ1n) is 7.66. The van der Waals surface area contributed by atoms with E-state index in [-0.39, 0.29) is 34.3 Å². The van der Waals surface area contributed by atoms with E-state index in [0.29, 0.717) is 10.9 Å². The molecule has 7 heteroatoms. The molecule has 1 N–H and O–H groups in total. The van der Waals surface area contributed by atoms with Crippen LogP contribution in [0, 0.1) is 12.7 Å². The molecule has 3 aromatic rings. The monoisotopic (exact) mass is 362 g/mol. The number of hydrogen-bond donors (Lipinski definition) is 1.